The van der Waals surface area contributed by atoms with Gasteiger partial charge in [-0.25, -0.2) is 14.4 Å². The van der Waals surface area contributed by atoms with Crippen molar-refractivity contribution >= 4 is 34.6 Å². The van der Waals surface area contributed by atoms with Gasteiger partial charge < -0.3 is 19.2 Å². The Labute approximate surface area is 202 Å². The summed E-state index contributed by atoms with van der Waals surface area (Å²) in [6, 6.07) is 14.4. The molecular weight excluding hydrogens is 452 g/mol. The number of anilines is 1. The molecule has 3 aromatic rings. The van der Waals surface area contributed by atoms with Crippen LogP contribution in [0.1, 0.15) is 31.9 Å². The molecule has 1 heterocycles. The number of ether oxygens (including phenoxy) is 2. The summed E-state index contributed by atoms with van der Waals surface area (Å²) in [4.78, 5) is 49.0. The van der Waals surface area contributed by atoms with E-state index >= 15 is 0 Å². The third-order valence-electron chi connectivity index (χ3n) is 5.17. The fourth-order valence-corrected chi connectivity index (χ4v) is 3.45. The smallest absolute Gasteiger partial charge is 0.411 e. The van der Waals surface area contributed by atoms with Gasteiger partial charge in [0, 0.05) is 28.8 Å². The number of rotatable bonds is 9. The molecule has 1 aromatic heterocycles. The quantitative estimate of drug-likeness (QED) is 0.353. The van der Waals surface area contributed by atoms with E-state index in [1.807, 2.05) is 30.3 Å². The normalized spacial score (nSPS) is 11.7. The summed E-state index contributed by atoms with van der Waals surface area (Å²) in [5.41, 5.74) is 1.24. The van der Waals surface area contributed by atoms with Crippen molar-refractivity contribution in [1.82, 2.24) is 5.32 Å². The second-order valence-electron chi connectivity index (χ2n) is 8.21. The monoisotopic (exact) mass is 480 g/mol. The molecule has 0 saturated carbocycles. The molecule has 0 aliphatic carbocycles. The van der Waals surface area contributed by atoms with Crippen LogP contribution in [0, 0.1) is 5.92 Å². The molecule has 0 aliphatic heterocycles. The lowest BCUT2D eigenvalue weighted by atomic mass is 10.0. The van der Waals surface area contributed by atoms with Crippen LogP contribution in [0.3, 0.4) is 0 Å². The van der Waals surface area contributed by atoms with E-state index in [0.29, 0.717) is 16.6 Å². The molecule has 0 fully saturated rings. The first-order valence-electron chi connectivity index (χ1n) is 11.3. The van der Waals surface area contributed by atoms with Crippen molar-refractivity contribution in [3.8, 4) is 0 Å². The number of hydrogen-bond donors (Lipinski definition) is 2. The van der Waals surface area contributed by atoms with Gasteiger partial charge in [-0.2, -0.15) is 0 Å². The summed E-state index contributed by atoms with van der Waals surface area (Å²) in [6.07, 6.45) is -0.488. The van der Waals surface area contributed by atoms with Gasteiger partial charge in [-0.15, -0.1) is 0 Å². The second kappa shape index (κ2) is 11.8. The lowest BCUT2D eigenvalue weighted by Gasteiger charge is -2.21. The molecule has 1 unspecified atom stereocenters. The molecule has 0 spiro atoms. The number of carbonyl (C=O) groups is 3. The Balaban J connectivity index is 1.70. The van der Waals surface area contributed by atoms with Crippen LogP contribution in [-0.2, 0) is 32.1 Å². The molecule has 9 heteroatoms. The van der Waals surface area contributed by atoms with Crippen LogP contribution in [-0.4, -0.2) is 30.6 Å². The fourth-order valence-electron chi connectivity index (χ4n) is 3.45. The minimum Gasteiger partial charge on any atom is -0.459 e. The summed E-state index contributed by atoms with van der Waals surface area (Å²) >= 11 is 0. The Kier molecular flexibility index (Phi) is 8.61. The minimum absolute atomic E-state index is 0.143. The van der Waals surface area contributed by atoms with Crippen molar-refractivity contribution in [2.45, 2.75) is 39.8 Å². The van der Waals surface area contributed by atoms with Crippen molar-refractivity contribution in [2.75, 3.05) is 11.9 Å². The van der Waals surface area contributed by atoms with Gasteiger partial charge in [-0.05, 0) is 30.5 Å². The highest BCUT2D eigenvalue weighted by Gasteiger charge is 2.26. The van der Waals surface area contributed by atoms with Crippen molar-refractivity contribution in [3.05, 3.63) is 76.1 Å². The van der Waals surface area contributed by atoms with E-state index in [2.05, 4.69) is 10.6 Å². The number of fused-ring (bicyclic) bond motifs is 1. The lowest BCUT2D eigenvalue weighted by molar-refractivity contribution is -0.150. The van der Waals surface area contributed by atoms with E-state index in [9.17, 15) is 19.2 Å². The van der Waals surface area contributed by atoms with E-state index in [1.54, 1.807) is 32.9 Å². The third-order valence-corrected chi connectivity index (χ3v) is 5.17. The number of esters is 1. The SMILES string of the molecule is CCOC(=O)Nc1ccc2c(COC(=O)C(NC(=O)Cc3ccccc3)C(C)C)cc(=O)oc2c1. The molecular formula is C26H28N2O7. The molecule has 0 saturated heterocycles. The summed E-state index contributed by atoms with van der Waals surface area (Å²) in [6.45, 7) is 5.32. The number of benzene rings is 2. The maximum atomic E-state index is 12.8. The number of carbonyl (C=O) groups excluding carboxylic acids is 3. The zero-order valence-electron chi connectivity index (χ0n) is 19.8. The topological polar surface area (TPSA) is 124 Å². The van der Waals surface area contributed by atoms with Gasteiger partial charge in [0.05, 0.1) is 13.0 Å². The Bertz CT molecular complexity index is 1250. The van der Waals surface area contributed by atoms with Gasteiger partial charge in [0.2, 0.25) is 5.91 Å². The van der Waals surface area contributed by atoms with E-state index in [1.165, 1.54) is 12.1 Å². The third kappa shape index (κ3) is 7.17. The van der Waals surface area contributed by atoms with Crippen LogP contribution >= 0.6 is 0 Å². The zero-order chi connectivity index (χ0) is 25.4. The minimum atomic E-state index is -0.849. The molecule has 0 aliphatic rings. The number of hydrogen-bond acceptors (Lipinski definition) is 7. The number of amides is 2. The number of nitrogens with one attached hydrogen (secondary N) is 2. The Morgan fingerprint density at radius 2 is 1.74 bits per heavy atom. The molecule has 1 atom stereocenters. The first-order chi connectivity index (χ1) is 16.8. The Morgan fingerprint density at radius 3 is 2.43 bits per heavy atom. The van der Waals surface area contributed by atoms with Gasteiger partial charge >= 0.3 is 17.7 Å². The highest BCUT2D eigenvalue weighted by Crippen LogP contribution is 2.22. The van der Waals surface area contributed by atoms with Crippen LogP contribution in [0.15, 0.2) is 63.8 Å². The standard InChI is InChI=1S/C26H28N2O7/c1-4-33-26(32)27-19-10-11-20-18(13-23(30)35-21(20)14-19)15-34-25(31)24(16(2)3)28-22(29)12-17-8-6-5-7-9-17/h5-11,13-14,16,24H,4,12,15H2,1-3H3,(H,27,32)(H,28,29). The van der Waals surface area contributed by atoms with Gasteiger partial charge in [0.1, 0.15) is 18.2 Å². The molecule has 3 rings (SSSR count). The molecule has 9 nitrogen and oxygen atoms in total. The molecule has 0 bridgehead atoms. The van der Waals surface area contributed by atoms with Gasteiger partial charge in [0.15, 0.2) is 0 Å². The van der Waals surface area contributed by atoms with Crippen LogP contribution < -0.4 is 16.3 Å². The average molecular weight is 481 g/mol. The second-order valence-corrected chi connectivity index (χ2v) is 8.21. The fraction of sp³-hybridized carbons (Fsp3) is 0.308. The highest BCUT2D eigenvalue weighted by atomic mass is 16.5. The molecule has 2 N–H and O–H groups in total. The van der Waals surface area contributed by atoms with Gasteiger partial charge in [-0.1, -0.05) is 44.2 Å². The predicted molar refractivity (Wildman–Crippen MR) is 130 cm³/mol. The van der Waals surface area contributed by atoms with Crippen molar-refractivity contribution in [2.24, 2.45) is 5.92 Å². The largest absolute Gasteiger partial charge is 0.459 e. The Morgan fingerprint density at radius 1 is 1.00 bits per heavy atom. The highest BCUT2D eigenvalue weighted by molar-refractivity contribution is 5.90. The maximum absolute atomic E-state index is 12.8. The van der Waals surface area contributed by atoms with E-state index in [4.69, 9.17) is 13.9 Å². The summed E-state index contributed by atoms with van der Waals surface area (Å²) < 4.78 is 15.6. The molecule has 184 valence electrons. The van der Waals surface area contributed by atoms with Crippen molar-refractivity contribution in [3.63, 3.8) is 0 Å². The van der Waals surface area contributed by atoms with E-state index in [0.717, 1.165) is 5.56 Å². The first kappa shape index (κ1) is 25.5. The van der Waals surface area contributed by atoms with Crippen LogP contribution in [0.4, 0.5) is 10.5 Å². The van der Waals surface area contributed by atoms with E-state index in [-0.39, 0.29) is 37.0 Å². The average Bonchev–Trinajstić information content (AvgIpc) is 2.81. The maximum Gasteiger partial charge on any atom is 0.411 e. The molecule has 2 aromatic carbocycles. The van der Waals surface area contributed by atoms with Crippen LogP contribution in [0.25, 0.3) is 11.0 Å². The van der Waals surface area contributed by atoms with Gasteiger partial charge in [-0.3, -0.25) is 10.1 Å². The van der Waals surface area contributed by atoms with Crippen LogP contribution in [0.2, 0.25) is 0 Å². The molecule has 35 heavy (non-hydrogen) atoms. The predicted octanol–water partition coefficient (Wildman–Crippen LogP) is 3.79. The zero-order valence-corrected chi connectivity index (χ0v) is 19.8. The Hall–Kier alpha value is -4.14. The van der Waals surface area contributed by atoms with E-state index < -0.39 is 23.7 Å². The first-order valence-corrected chi connectivity index (χ1v) is 11.3. The molecule has 2 amide bonds. The van der Waals surface area contributed by atoms with Gasteiger partial charge in [0.25, 0.3) is 0 Å². The summed E-state index contributed by atoms with van der Waals surface area (Å²) in [7, 11) is 0. The summed E-state index contributed by atoms with van der Waals surface area (Å²) in [5, 5.41) is 5.82. The summed E-state index contributed by atoms with van der Waals surface area (Å²) in [5.74, 6) is -1.11. The lowest BCUT2D eigenvalue weighted by Crippen LogP contribution is -2.45. The van der Waals surface area contributed by atoms with Crippen molar-refractivity contribution < 1.29 is 28.3 Å². The van der Waals surface area contributed by atoms with Crippen molar-refractivity contribution in [1.29, 1.82) is 0 Å². The van der Waals surface area contributed by atoms with Crippen LogP contribution in [0.5, 0.6) is 0 Å². The molecule has 0 radical (unpaired) electrons.